The van der Waals surface area contributed by atoms with Gasteiger partial charge in [-0.15, -0.1) is 0 Å². The van der Waals surface area contributed by atoms with E-state index in [0.29, 0.717) is 21.8 Å². The number of rotatable bonds is 5. The molecule has 5 heteroatoms. The van der Waals surface area contributed by atoms with Crippen LogP contribution in [0.15, 0.2) is 40.9 Å². The van der Waals surface area contributed by atoms with Crippen LogP contribution in [-0.4, -0.2) is 6.04 Å². The summed E-state index contributed by atoms with van der Waals surface area (Å²) in [5.74, 6) is 1.28. The van der Waals surface area contributed by atoms with E-state index in [4.69, 9.17) is 27.9 Å². The van der Waals surface area contributed by atoms with Gasteiger partial charge in [0.25, 0.3) is 0 Å². The summed E-state index contributed by atoms with van der Waals surface area (Å²) in [6, 6.07) is 11.8. The molecule has 2 aromatic carbocycles. The monoisotopic (exact) mass is 387 g/mol. The van der Waals surface area contributed by atoms with Crippen LogP contribution in [0.25, 0.3) is 0 Å². The third kappa shape index (κ3) is 4.89. The molecule has 0 amide bonds. The highest BCUT2D eigenvalue weighted by molar-refractivity contribution is 9.10. The molecule has 0 bridgehead atoms. The third-order valence-corrected chi connectivity index (χ3v) is 4.31. The van der Waals surface area contributed by atoms with Crippen LogP contribution in [0, 0.1) is 0 Å². The van der Waals surface area contributed by atoms with Crippen LogP contribution < -0.4 is 10.1 Å². The van der Waals surface area contributed by atoms with Gasteiger partial charge in [0.15, 0.2) is 0 Å². The molecule has 0 aromatic heterocycles. The summed E-state index contributed by atoms with van der Waals surface area (Å²) < 4.78 is 6.57. The SMILES string of the molecule is CC(C)NCc1cccc(Oc2cc(Cl)c(Br)cc2Cl)c1. The van der Waals surface area contributed by atoms with Gasteiger partial charge in [-0.3, -0.25) is 0 Å². The van der Waals surface area contributed by atoms with E-state index in [0.717, 1.165) is 22.3 Å². The molecule has 0 saturated carbocycles. The molecule has 1 N–H and O–H groups in total. The Labute approximate surface area is 143 Å². The molecular formula is C16H16BrCl2NO. The van der Waals surface area contributed by atoms with Crippen molar-refractivity contribution in [3.63, 3.8) is 0 Å². The fraction of sp³-hybridized carbons (Fsp3) is 0.250. The largest absolute Gasteiger partial charge is 0.456 e. The summed E-state index contributed by atoms with van der Waals surface area (Å²) >= 11 is 15.6. The normalized spacial score (nSPS) is 11.0. The highest BCUT2D eigenvalue weighted by Crippen LogP contribution is 2.36. The Hall–Kier alpha value is -0.740. The minimum atomic E-state index is 0.439. The maximum absolute atomic E-state index is 6.17. The number of halogens is 3. The quantitative estimate of drug-likeness (QED) is 0.629. The van der Waals surface area contributed by atoms with Crippen molar-refractivity contribution in [1.82, 2.24) is 5.32 Å². The standard InChI is InChI=1S/C16H16BrCl2NO/c1-10(2)20-9-11-4-3-5-12(6-11)21-16-8-14(18)13(17)7-15(16)19/h3-8,10,20H,9H2,1-2H3. The van der Waals surface area contributed by atoms with Crippen molar-refractivity contribution in [2.24, 2.45) is 0 Å². The summed E-state index contributed by atoms with van der Waals surface area (Å²) in [5.41, 5.74) is 1.15. The highest BCUT2D eigenvalue weighted by atomic mass is 79.9. The maximum Gasteiger partial charge on any atom is 0.147 e. The molecule has 0 spiro atoms. The van der Waals surface area contributed by atoms with E-state index in [-0.39, 0.29) is 0 Å². The van der Waals surface area contributed by atoms with Crippen LogP contribution in [0.1, 0.15) is 19.4 Å². The second-order valence-electron chi connectivity index (χ2n) is 4.98. The number of ether oxygens (including phenoxy) is 1. The Morgan fingerprint density at radius 2 is 1.90 bits per heavy atom. The topological polar surface area (TPSA) is 21.3 Å². The Morgan fingerprint density at radius 1 is 1.14 bits per heavy atom. The Morgan fingerprint density at radius 3 is 2.62 bits per heavy atom. The van der Waals surface area contributed by atoms with Crippen molar-refractivity contribution in [1.29, 1.82) is 0 Å². The molecular weight excluding hydrogens is 373 g/mol. The van der Waals surface area contributed by atoms with Gasteiger partial charge in [0, 0.05) is 23.1 Å². The Balaban J connectivity index is 2.16. The molecule has 0 fully saturated rings. The lowest BCUT2D eigenvalue weighted by molar-refractivity contribution is 0.481. The van der Waals surface area contributed by atoms with Gasteiger partial charge in [0.05, 0.1) is 10.0 Å². The fourth-order valence-corrected chi connectivity index (χ4v) is 2.58. The van der Waals surface area contributed by atoms with Gasteiger partial charge < -0.3 is 10.1 Å². The molecule has 0 aliphatic carbocycles. The van der Waals surface area contributed by atoms with E-state index in [9.17, 15) is 0 Å². The first kappa shape index (κ1) is 16.6. The number of benzene rings is 2. The van der Waals surface area contributed by atoms with Crippen molar-refractivity contribution in [2.45, 2.75) is 26.4 Å². The molecule has 112 valence electrons. The van der Waals surface area contributed by atoms with Crippen LogP contribution in [0.2, 0.25) is 10.0 Å². The third-order valence-electron chi connectivity index (χ3n) is 2.82. The van der Waals surface area contributed by atoms with Crippen molar-refractivity contribution in [3.05, 3.63) is 56.5 Å². The first-order valence-electron chi connectivity index (χ1n) is 6.60. The fourth-order valence-electron chi connectivity index (χ4n) is 1.75. The zero-order chi connectivity index (χ0) is 15.4. The van der Waals surface area contributed by atoms with Crippen molar-refractivity contribution in [2.75, 3.05) is 0 Å². The van der Waals surface area contributed by atoms with Crippen LogP contribution in [-0.2, 0) is 6.54 Å². The molecule has 0 aliphatic rings. The van der Waals surface area contributed by atoms with E-state index in [1.807, 2.05) is 18.2 Å². The van der Waals surface area contributed by atoms with Crippen molar-refractivity contribution < 1.29 is 4.74 Å². The van der Waals surface area contributed by atoms with Gasteiger partial charge in [-0.2, -0.15) is 0 Å². The summed E-state index contributed by atoms with van der Waals surface area (Å²) in [4.78, 5) is 0. The second-order valence-corrected chi connectivity index (χ2v) is 6.65. The van der Waals surface area contributed by atoms with E-state index in [2.05, 4.69) is 41.2 Å². The summed E-state index contributed by atoms with van der Waals surface area (Å²) in [6.45, 7) is 5.03. The second kappa shape index (κ2) is 7.50. The van der Waals surface area contributed by atoms with Crippen LogP contribution in [0.5, 0.6) is 11.5 Å². The maximum atomic E-state index is 6.17. The van der Waals surface area contributed by atoms with Gasteiger partial charge in [-0.25, -0.2) is 0 Å². The molecule has 0 radical (unpaired) electrons. The smallest absolute Gasteiger partial charge is 0.147 e. The van der Waals surface area contributed by atoms with Gasteiger partial charge in [-0.1, -0.05) is 49.2 Å². The number of nitrogens with one attached hydrogen (secondary N) is 1. The predicted molar refractivity (Wildman–Crippen MR) is 92.7 cm³/mol. The summed E-state index contributed by atoms with van der Waals surface area (Å²) in [6.07, 6.45) is 0. The minimum absolute atomic E-state index is 0.439. The average molecular weight is 389 g/mol. The molecule has 0 heterocycles. The number of hydrogen-bond acceptors (Lipinski definition) is 2. The molecule has 2 aromatic rings. The van der Waals surface area contributed by atoms with Gasteiger partial charge in [0.1, 0.15) is 11.5 Å². The van der Waals surface area contributed by atoms with Crippen LogP contribution >= 0.6 is 39.1 Å². The minimum Gasteiger partial charge on any atom is -0.456 e. The lowest BCUT2D eigenvalue weighted by Gasteiger charge is -2.12. The highest BCUT2D eigenvalue weighted by Gasteiger charge is 2.08. The average Bonchev–Trinajstić information content (AvgIpc) is 2.43. The van der Waals surface area contributed by atoms with E-state index in [1.54, 1.807) is 12.1 Å². The van der Waals surface area contributed by atoms with E-state index in [1.165, 1.54) is 0 Å². The summed E-state index contributed by atoms with van der Waals surface area (Å²) in [7, 11) is 0. The van der Waals surface area contributed by atoms with E-state index >= 15 is 0 Å². The summed E-state index contributed by atoms with van der Waals surface area (Å²) in [5, 5.41) is 4.45. The van der Waals surface area contributed by atoms with Crippen molar-refractivity contribution in [3.8, 4) is 11.5 Å². The molecule has 2 nitrogen and oxygen atoms in total. The first-order chi connectivity index (χ1) is 9.95. The lowest BCUT2D eigenvalue weighted by atomic mass is 10.2. The van der Waals surface area contributed by atoms with Gasteiger partial charge in [-0.05, 0) is 39.7 Å². The molecule has 0 atom stereocenters. The van der Waals surface area contributed by atoms with Crippen LogP contribution in [0.4, 0.5) is 0 Å². The molecule has 21 heavy (non-hydrogen) atoms. The Bertz CT molecular complexity index is 632. The Kier molecular flexibility index (Phi) is 5.94. The molecule has 0 aliphatic heterocycles. The van der Waals surface area contributed by atoms with Gasteiger partial charge in [0.2, 0.25) is 0 Å². The lowest BCUT2D eigenvalue weighted by Crippen LogP contribution is -2.21. The number of hydrogen-bond donors (Lipinski definition) is 1. The zero-order valence-corrected chi connectivity index (χ0v) is 14.9. The van der Waals surface area contributed by atoms with Crippen molar-refractivity contribution >= 4 is 39.1 Å². The first-order valence-corrected chi connectivity index (χ1v) is 8.15. The predicted octanol–water partition coefficient (Wildman–Crippen LogP) is 6.05. The molecule has 2 rings (SSSR count). The zero-order valence-electron chi connectivity index (χ0n) is 11.8. The van der Waals surface area contributed by atoms with Gasteiger partial charge >= 0.3 is 0 Å². The van der Waals surface area contributed by atoms with Crippen LogP contribution in [0.3, 0.4) is 0 Å². The van der Waals surface area contributed by atoms with E-state index < -0.39 is 0 Å². The molecule has 0 saturated heterocycles. The molecule has 0 unspecified atom stereocenters.